The molecular weight excluding hydrogens is 501 g/mol. The summed E-state index contributed by atoms with van der Waals surface area (Å²) < 4.78 is 16.7. The summed E-state index contributed by atoms with van der Waals surface area (Å²) in [5.74, 6) is -0.760. The number of likely N-dealkylation sites (N-methyl/N-ethyl adjacent to an activating group) is 1. The number of carbonyl (C=O) groups is 1. The zero-order chi connectivity index (χ0) is 27.5. The predicted molar refractivity (Wildman–Crippen MR) is 149 cm³/mol. The summed E-state index contributed by atoms with van der Waals surface area (Å²) in [6, 6.07) is 13.1. The highest BCUT2D eigenvalue weighted by atomic mass is 19.1. The number of piperazine rings is 1. The van der Waals surface area contributed by atoms with Crippen LogP contribution in [0.3, 0.4) is 0 Å². The molecule has 0 atom stereocenters. The molecule has 2 aromatic heterocycles. The highest BCUT2D eigenvalue weighted by Crippen LogP contribution is 2.26. The number of nitrogens with zero attached hydrogens (tertiary/aromatic N) is 5. The normalized spacial score (nSPS) is 13.9. The molecule has 0 bridgehead atoms. The number of hydrogen-bond acceptors (Lipinski definition) is 8. The molecule has 1 aliphatic heterocycles. The zero-order valence-electron chi connectivity index (χ0n) is 21.4. The maximum Gasteiger partial charge on any atom is 0.247 e. The van der Waals surface area contributed by atoms with Crippen LogP contribution >= 0.6 is 0 Å². The van der Waals surface area contributed by atoms with E-state index in [1.807, 2.05) is 6.07 Å². The quantitative estimate of drug-likeness (QED) is 0.313. The van der Waals surface area contributed by atoms with Crippen molar-refractivity contribution >= 4 is 40.0 Å². The van der Waals surface area contributed by atoms with Crippen LogP contribution < -0.4 is 21.0 Å². The third kappa shape index (κ3) is 5.49. The first kappa shape index (κ1) is 26.0. The fraction of sp³-hybridized carbons (Fsp3) is 0.214. The average molecular weight is 530 g/mol. The van der Waals surface area contributed by atoms with Crippen LogP contribution in [0.5, 0.6) is 0 Å². The van der Waals surface area contributed by atoms with Crippen molar-refractivity contribution in [3.63, 3.8) is 0 Å². The monoisotopic (exact) mass is 529 g/mol. The second-order valence-electron chi connectivity index (χ2n) is 9.25. The molecule has 1 saturated heterocycles. The SMILES string of the molecule is C=CC(=O)Nc1cccc(-n2c(CO)cc(=O)c3cnc(Nc4ccc(N5CCN(C)CC5)cc4F)nc32)c1. The van der Waals surface area contributed by atoms with Gasteiger partial charge in [0.2, 0.25) is 11.9 Å². The smallest absolute Gasteiger partial charge is 0.247 e. The Kier molecular flexibility index (Phi) is 7.35. The van der Waals surface area contributed by atoms with E-state index in [4.69, 9.17) is 0 Å². The Labute approximate surface area is 224 Å². The Balaban J connectivity index is 1.52. The highest BCUT2D eigenvalue weighted by molar-refractivity contribution is 5.99. The van der Waals surface area contributed by atoms with E-state index in [9.17, 15) is 14.7 Å². The van der Waals surface area contributed by atoms with Crippen molar-refractivity contribution in [1.29, 1.82) is 0 Å². The molecule has 3 heterocycles. The van der Waals surface area contributed by atoms with Gasteiger partial charge < -0.3 is 25.5 Å². The minimum Gasteiger partial charge on any atom is -0.390 e. The molecule has 11 heteroatoms. The summed E-state index contributed by atoms with van der Waals surface area (Å²) in [4.78, 5) is 37.7. The average Bonchev–Trinajstić information content (AvgIpc) is 2.94. The predicted octanol–water partition coefficient (Wildman–Crippen LogP) is 3.03. The first-order valence-corrected chi connectivity index (χ1v) is 12.4. The number of anilines is 4. The molecule has 10 nitrogen and oxygen atoms in total. The number of carbonyl (C=O) groups excluding carboxylic acids is 1. The van der Waals surface area contributed by atoms with E-state index in [0.29, 0.717) is 11.4 Å². The number of fused-ring (bicyclic) bond motifs is 1. The van der Waals surface area contributed by atoms with E-state index < -0.39 is 12.4 Å². The van der Waals surface area contributed by atoms with Gasteiger partial charge in [0.15, 0.2) is 11.1 Å². The van der Waals surface area contributed by atoms with Gasteiger partial charge in [-0.25, -0.2) is 9.37 Å². The maximum atomic E-state index is 15.1. The Bertz CT molecular complexity index is 1610. The lowest BCUT2D eigenvalue weighted by Gasteiger charge is -2.34. The topological polar surface area (TPSA) is 116 Å². The number of nitrogens with one attached hydrogen (secondary N) is 2. The number of hydrogen-bond donors (Lipinski definition) is 3. The first-order valence-electron chi connectivity index (χ1n) is 12.4. The van der Waals surface area contributed by atoms with Gasteiger partial charge in [-0.2, -0.15) is 4.98 Å². The van der Waals surface area contributed by atoms with E-state index in [2.05, 4.69) is 44.0 Å². The number of aromatic nitrogens is 3. The van der Waals surface area contributed by atoms with Crippen LogP contribution in [0.15, 0.2) is 72.2 Å². The lowest BCUT2D eigenvalue weighted by molar-refractivity contribution is -0.111. The maximum absolute atomic E-state index is 15.1. The lowest BCUT2D eigenvalue weighted by Crippen LogP contribution is -2.44. The van der Waals surface area contributed by atoms with Crippen molar-refractivity contribution in [2.24, 2.45) is 0 Å². The number of pyridine rings is 1. The lowest BCUT2D eigenvalue weighted by atomic mass is 10.2. The van der Waals surface area contributed by atoms with Gasteiger partial charge in [0.25, 0.3) is 0 Å². The zero-order valence-corrected chi connectivity index (χ0v) is 21.4. The standard InChI is InChI=1S/C28H28FN7O3/c1-3-26(39)31-18-5-4-6-20(13-18)36-21(17-37)15-25(38)22-16-30-28(33-27(22)36)32-24-8-7-19(14-23(24)29)35-11-9-34(2)10-12-35/h3-8,13-16,37H,1,9-12,17H2,2H3,(H,31,39)(H,30,32,33). The van der Waals surface area contributed by atoms with Gasteiger partial charge in [-0.15, -0.1) is 0 Å². The van der Waals surface area contributed by atoms with Gasteiger partial charge in [0.05, 0.1) is 23.4 Å². The molecule has 200 valence electrons. The highest BCUT2D eigenvalue weighted by Gasteiger charge is 2.17. The molecule has 3 N–H and O–H groups in total. The number of aliphatic hydroxyl groups excluding tert-OH is 1. The van der Waals surface area contributed by atoms with Crippen LogP contribution in [0.2, 0.25) is 0 Å². The van der Waals surface area contributed by atoms with E-state index in [-0.39, 0.29) is 39.7 Å². The molecule has 0 saturated carbocycles. The van der Waals surface area contributed by atoms with Crippen molar-refractivity contribution in [1.82, 2.24) is 19.4 Å². The van der Waals surface area contributed by atoms with Gasteiger partial charge in [0.1, 0.15) is 5.82 Å². The third-order valence-electron chi connectivity index (χ3n) is 6.62. The van der Waals surface area contributed by atoms with E-state index in [1.54, 1.807) is 34.9 Å². The number of amides is 1. The molecule has 1 fully saturated rings. The molecule has 2 aromatic carbocycles. The van der Waals surface area contributed by atoms with Crippen molar-refractivity contribution in [3.05, 3.63) is 89.1 Å². The van der Waals surface area contributed by atoms with Crippen molar-refractivity contribution in [2.75, 3.05) is 48.8 Å². The molecular formula is C28H28FN7O3. The Morgan fingerprint density at radius 1 is 1.13 bits per heavy atom. The largest absolute Gasteiger partial charge is 0.390 e. The molecule has 0 aliphatic carbocycles. The molecule has 0 spiro atoms. The second-order valence-corrected chi connectivity index (χ2v) is 9.25. The minimum atomic E-state index is -0.456. The van der Waals surface area contributed by atoms with E-state index in [0.717, 1.165) is 37.9 Å². The van der Waals surface area contributed by atoms with Crippen molar-refractivity contribution in [2.45, 2.75) is 6.61 Å². The van der Waals surface area contributed by atoms with Crippen LogP contribution in [-0.4, -0.2) is 63.7 Å². The Hall–Kier alpha value is -4.61. The van der Waals surface area contributed by atoms with Gasteiger partial charge in [-0.3, -0.25) is 14.2 Å². The Morgan fingerprint density at radius 3 is 2.64 bits per heavy atom. The van der Waals surface area contributed by atoms with Gasteiger partial charge in [-0.1, -0.05) is 12.6 Å². The molecule has 0 unspecified atom stereocenters. The van der Waals surface area contributed by atoms with Crippen LogP contribution in [0, 0.1) is 5.82 Å². The number of rotatable bonds is 7. The fourth-order valence-electron chi connectivity index (χ4n) is 4.51. The van der Waals surface area contributed by atoms with E-state index >= 15 is 4.39 Å². The molecule has 5 rings (SSSR count). The molecule has 1 amide bonds. The Morgan fingerprint density at radius 2 is 1.92 bits per heavy atom. The number of benzene rings is 2. The first-order chi connectivity index (χ1) is 18.9. The van der Waals surface area contributed by atoms with Gasteiger partial charge >= 0.3 is 0 Å². The summed E-state index contributed by atoms with van der Waals surface area (Å²) in [6.45, 7) is 6.48. The molecule has 1 aliphatic rings. The van der Waals surface area contributed by atoms with E-state index in [1.165, 1.54) is 18.3 Å². The minimum absolute atomic E-state index is 0.0769. The summed E-state index contributed by atoms with van der Waals surface area (Å²) in [5.41, 5.74) is 2.15. The summed E-state index contributed by atoms with van der Waals surface area (Å²) >= 11 is 0. The van der Waals surface area contributed by atoms with Crippen LogP contribution in [0.25, 0.3) is 16.7 Å². The summed E-state index contributed by atoms with van der Waals surface area (Å²) in [7, 11) is 2.06. The summed E-state index contributed by atoms with van der Waals surface area (Å²) in [5, 5.41) is 15.9. The molecule has 0 radical (unpaired) electrons. The number of halogens is 1. The van der Waals surface area contributed by atoms with Crippen molar-refractivity contribution in [3.8, 4) is 5.69 Å². The number of aliphatic hydroxyl groups is 1. The van der Waals surface area contributed by atoms with Gasteiger partial charge in [-0.05, 0) is 49.5 Å². The summed E-state index contributed by atoms with van der Waals surface area (Å²) in [6.07, 6.45) is 2.52. The van der Waals surface area contributed by atoms with Crippen molar-refractivity contribution < 1.29 is 14.3 Å². The van der Waals surface area contributed by atoms with Crippen LogP contribution in [0.4, 0.5) is 27.4 Å². The van der Waals surface area contributed by atoms with Gasteiger partial charge in [0, 0.05) is 55.5 Å². The molecule has 4 aromatic rings. The van der Waals surface area contributed by atoms with Crippen LogP contribution in [0.1, 0.15) is 5.69 Å². The third-order valence-corrected chi connectivity index (χ3v) is 6.62. The second kappa shape index (κ2) is 11.0. The fourth-order valence-corrected chi connectivity index (χ4v) is 4.51. The van der Waals surface area contributed by atoms with Crippen LogP contribution in [-0.2, 0) is 11.4 Å². The molecule has 39 heavy (non-hydrogen) atoms.